The van der Waals surface area contributed by atoms with Crippen molar-refractivity contribution in [2.75, 3.05) is 19.8 Å². The lowest BCUT2D eigenvalue weighted by Crippen LogP contribution is -2.43. The average molecular weight is 295 g/mol. The zero-order valence-corrected chi connectivity index (χ0v) is 12.5. The summed E-state index contributed by atoms with van der Waals surface area (Å²) >= 11 is 0. The van der Waals surface area contributed by atoms with Crippen molar-refractivity contribution < 1.29 is 24.2 Å². The van der Waals surface area contributed by atoms with E-state index in [0.29, 0.717) is 0 Å². The number of para-hydroxylation sites is 2. The van der Waals surface area contributed by atoms with Crippen LogP contribution in [0.1, 0.15) is 20.8 Å². The topological polar surface area (TPSA) is 76.1 Å². The van der Waals surface area contributed by atoms with Gasteiger partial charge in [-0.25, -0.2) is 0 Å². The Bertz CT molecular complexity index is 487. The first-order chi connectivity index (χ1) is 9.95. The third-order valence-corrected chi connectivity index (χ3v) is 2.76. The second-order valence-electron chi connectivity index (χ2n) is 4.68. The van der Waals surface area contributed by atoms with E-state index in [2.05, 4.69) is 0 Å². The first kappa shape index (κ1) is 16.8. The lowest BCUT2D eigenvalue weighted by molar-refractivity contribution is -0.150. The maximum absolute atomic E-state index is 12.1. The van der Waals surface area contributed by atoms with Gasteiger partial charge in [-0.3, -0.25) is 9.59 Å². The van der Waals surface area contributed by atoms with Crippen molar-refractivity contribution in [3.05, 3.63) is 24.3 Å². The van der Waals surface area contributed by atoms with Crippen LogP contribution in [0, 0.1) is 0 Å². The van der Waals surface area contributed by atoms with Gasteiger partial charge in [-0.15, -0.1) is 0 Å². The molecule has 0 saturated heterocycles. The summed E-state index contributed by atoms with van der Waals surface area (Å²) in [5, 5.41) is 9.56. The van der Waals surface area contributed by atoms with Crippen molar-refractivity contribution in [3.8, 4) is 11.5 Å². The van der Waals surface area contributed by atoms with Crippen LogP contribution in [0.2, 0.25) is 0 Å². The van der Waals surface area contributed by atoms with Gasteiger partial charge < -0.3 is 19.5 Å². The lowest BCUT2D eigenvalue weighted by Gasteiger charge is -2.25. The van der Waals surface area contributed by atoms with E-state index in [1.165, 1.54) is 11.0 Å². The summed E-state index contributed by atoms with van der Waals surface area (Å²) in [6.07, 6.45) is 0. The zero-order valence-electron chi connectivity index (χ0n) is 12.5. The van der Waals surface area contributed by atoms with E-state index in [0.717, 1.165) is 0 Å². The van der Waals surface area contributed by atoms with Crippen molar-refractivity contribution in [3.63, 3.8) is 0 Å². The summed E-state index contributed by atoms with van der Waals surface area (Å²) < 4.78 is 10.1. The average Bonchev–Trinajstić information content (AvgIpc) is 2.43. The van der Waals surface area contributed by atoms with Gasteiger partial charge in [0.1, 0.15) is 6.54 Å². The molecule has 1 aromatic carbocycles. The van der Waals surface area contributed by atoms with E-state index in [-0.39, 0.29) is 43.2 Å². The van der Waals surface area contributed by atoms with Gasteiger partial charge >= 0.3 is 5.97 Å². The monoisotopic (exact) mass is 295 g/mol. The predicted octanol–water partition coefficient (Wildman–Crippen LogP) is 1.57. The summed E-state index contributed by atoms with van der Waals surface area (Å²) in [6, 6.07) is 6.23. The normalized spacial score (nSPS) is 10.3. The number of carbonyl (C=O) groups excluding carboxylic acids is 2. The molecule has 0 spiro atoms. The van der Waals surface area contributed by atoms with E-state index < -0.39 is 5.97 Å². The van der Waals surface area contributed by atoms with Crippen molar-refractivity contribution in [2.24, 2.45) is 0 Å². The van der Waals surface area contributed by atoms with E-state index >= 15 is 0 Å². The van der Waals surface area contributed by atoms with Crippen LogP contribution in [0.25, 0.3) is 0 Å². The molecule has 6 heteroatoms. The largest absolute Gasteiger partial charge is 0.504 e. The summed E-state index contributed by atoms with van der Waals surface area (Å²) in [7, 11) is 0. The van der Waals surface area contributed by atoms with Crippen LogP contribution in [0.4, 0.5) is 0 Å². The summed E-state index contributed by atoms with van der Waals surface area (Å²) in [5.74, 6) is -0.610. The number of hydrogen-bond acceptors (Lipinski definition) is 5. The van der Waals surface area contributed by atoms with E-state index in [4.69, 9.17) is 9.47 Å². The SMILES string of the molecule is CCOC(=O)CN(C(=O)COc1ccccc1O)C(C)C. The lowest BCUT2D eigenvalue weighted by atomic mass is 10.3. The summed E-state index contributed by atoms with van der Waals surface area (Å²) in [5.41, 5.74) is 0. The number of phenols is 1. The molecule has 1 N–H and O–H groups in total. The molecule has 0 aliphatic carbocycles. The molecule has 0 unspecified atom stereocenters. The molecular formula is C15H21NO5. The van der Waals surface area contributed by atoms with Crippen molar-refractivity contribution in [1.29, 1.82) is 0 Å². The number of nitrogens with zero attached hydrogens (tertiary/aromatic N) is 1. The second kappa shape index (κ2) is 8.14. The Labute approximate surface area is 124 Å². The quantitative estimate of drug-likeness (QED) is 0.773. The number of rotatable bonds is 7. The van der Waals surface area contributed by atoms with E-state index in [9.17, 15) is 14.7 Å². The van der Waals surface area contributed by atoms with Gasteiger partial charge in [0.2, 0.25) is 0 Å². The highest BCUT2D eigenvalue weighted by atomic mass is 16.5. The van der Waals surface area contributed by atoms with Crippen molar-refractivity contribution in [1.82, 2.24) is 4.90 Å². The van der Waals surface area contributed by atoms with Gasteiger partial charge in [0.25, 0.3) is 5.91 Å². The Kier molecular flexibility index (Phi) is 6.52. The maximum atomic E-state index is 12.1. The molecule has 116 valence electrons. The standard InChI is InChI=1S/C15H21NO5/c1-4-20-15(19)9-16(11(2)3)14(18)10-21-13-8-6-5-7-12(13)17/h5-8,11,17H,4,9-10H2,1-3H3. The third-order valence-electron chi connectivity index (χ3n) is 2.76. The van der Waals surface area contributed by atoms with Gasteiger partial charge in [0.05, 0.1) is 6.61 Å². The summed E-state index contributed by atoms with van der Waals surface area (Å²) in [6.45, 7) is 5.21. The van der Waals surface area contributed by atoms with Gasteiger partial charge in [0.15, 0.2) is 18.1 Å². The van der Waals surface area contributed by atoms with Crippen LogP contribution in [0.15, 0.2) is 24.3 Å². The maximum Gasteiger partial charge on any atom is 0.325 e. The Morgan fingerprint density at radius 3 is 2.52 bits per heavy atom. The number of esters is 1. The van der Waals surface area contributed by atoms with Crippen LogP contribution in [0.5, 0.6) is 11.5 Å². The van der Waals surface area contributed by atoms with Crippen LogP contribution in [-0.4, -0.2) is 47.7 Å². The highest BCUT2D eigenvalue weighted by Crippen LogP contribution is 2.24. The predicted molar refractivity (Wildman–Crippen MR) is 77.1 cm³/mol. The summed E-state index contributed by atoms with van der Waals surface area (Å²) in [4.78, 5) is 25.0. The molecule has 6 nitrogen and oxygen atoms in total. The molecule has 0 aromatic heterocycles. The molecule has 0 bridgehead atoms. The third kappa shape index (κ3) is 5.33. The first-order valence-corrected chi connectivity index (χ1v) is 6.81. The molecule has 1 aromatic rings. The molecule has 1 amide bonds. The number of hydrogen-bond donors (Lipinski definition) is 1. The van der Waals surface area contributed by atoms with Crippen molar-refractivity contribution >= 4 is 11.9 Å². The van der Waals surface area contributed by atoms with Crippen LogP contribution in [-0.2, 0) is 14.3 Å². The Balaban J connectivity index is 2.61. The zero-order chi connectivity index (χ0) is 15.8. The first-order valence-electron chi connectivity index (χ1n) is 6.81. The van der Waals surface area contributed by atoms with Crippen LogP contribution >= 0.6 is 0 Å². The Hall–Kier alpha value is -2.24. The number of carbonyl (C=O) groups is 2. The van der Waals surface area contributed by atoms with Crippen LogP contribution in [0.3, 0.4) is 0 Å². The molecule has 0 heterocycles. The van der Waals surface area contributed by atoms with E-state index in [1.54, 1.807) is 39.0 Å². The highest BCUT2D eigenvalue weighted by molar-refractivity contribution is 5.83. The molecule has 0 aliphatic heterocycles. The fraction of sp³-hybridized carbons (Fsp3) is 0.467. The van der Waals surface area contributed by atoms with Crippen LogP contribution < -0.4 is 4.74 Å². The Morgan fingerprint density at radius 2 is 1.95 bits per heavy atom. The van der Waals surface area contributed by atoms with Gasteiger partial charge in [-0.1, -0.05) is 12.1 Å². The molecule has 0 atom stereocenters. The smallest absolute Gasteiger partial charge is 0.325 e. The fourth-order valence-electron chi connectivity index (χ4n) is 1.71. The number of amides is 1. The minimum absolute atomic E-state index is 0.0354. The molecule has 0 aliphatic rings. The molecule has 21 heavy (non-hydrogen) atoms. The molecule has 0 fully saturated rings. The van der Waals surface area contributed by atoms with Gasteiger partial charge in [-0.2, -0.15) is 0 Å². The molecular weight excluding hydrogens is 274 g/mol. The number of ether oxygens (including phenoxy) is 2. The highest BCUT2D eigenvalue weighted by Gasteiger charge is 2.21. The number of phenolic OH excluding ortho intramolecular Hbond substituents is 1. The fourth-order valence-corrected chi connectivity index (χ4v) is 1.71. The van der Waals surface area contributed by atoms with Gasteiger partial charge in [0, 0.05) is 6.04 Å². The Morgan fingerprint density at radius 1 is 1.29 bits per heavy atom. The molecule has 0 saturated carbocycles. The molecule has 1 rings (SSSR count). The second-order valence-corrected chi connectivity index (χ2v) is 4.68. The minimum atomic E-state index is -0.456. The minimum Gasteiger partial charge on any atom is -0.504 e. The number of aromatic hydroxyl groups is 1. The van der Waals surface area contributed by atoms with E-state index in [1.807, 2.05) is 0 Å². The van der Waals surface area contributed by atoms with Gasteiger partial charge in [-0.05, 0) is 32.9 Å². The van der Waals surface area contributed by atoms with Crippen molar-refractivity contribution in [2.45, 2.75) is 26.8 Å². The number of benzene rings is 1. The molecule has 0 radical (unpaired) electrons.